The molecule has 2 nitrogen and oxygen atoms in total. The van der Waals surface area contributed by atoms with Crippen LogP contribution >= 0.6 is 15.9 Å². The van der Waals surface area contributed by atoms with Gasteiger partial charge in [-0.05, 0) is 30.5 Å². The predicted molar refractivity (Wildman–Crippen MR) is 66.3 cm³/mol. The molecule has 3 heteroatoms. The minimum atomic E-state index is -0.404. The van der Waals surface area contributed by atoms with Crippen LogP contribution in [0.15, 0.2) is 28.7 Å². The van der Waals surface area contributed by atoms with Gasteiger partial charge in [-0.1, -0.05) is 40.9 Å². The van der Waals surface area contributed by atoms with Crippen molar-refractivity contribution < 1.29 is 9.53 Å². The fourth-order valence-electron chi connectivity index (χ4n) is 2.57. The Kier molecular flexibility index (Phi) is 3.33. The molecule has 0 radical (unpaired) electrons. The lowest BCUT2D eigenvalue weighted by Crippen LogP contribution is -2.33. The average molecular weight is 283 g/mol. The van der Waals surface area contributed by atoms with Crippen LogP contribution in [0.4, 0.5) is 0 Å². The van der Waals surface area contributed by atoms with E-state index in [4.69, 9.17) is 4.74 Å². The maximum atomic E-state index is 12.0. The monoisotopic (exact) mass is 282 g/mol. The molecule has 0 spiro atoms. The van der Waals surface area contributed by atoms with Crippen molar-refractivity contribution in [1.82, 2.24) is 0 Å². The van der Waals surface area contributed by atoms with Gasteiger partial charge in [-0.3, -0.25) is 4.79 Å². The van der Waals surface area contributed by atoms with Crippen molar-refractivity contribution in [3.63, 3.8) is 0 Å². The van der Waals surface area contributed by atoms with Crippen LogP contribution in [0.3, 0.4) is 0 Å². The number of carbonyl (C=O) groups is 1. The SMILES string of the molecule is COC(=O)C1(c2cccc(Br)c2)CCCC1. The molecule has 0 unspecified atom stereocenters. The molecule has 0 amide bonds. The van der Waals surface area contributed by atoms with E-state index >= 15 is 0 Å². The van der Waals surface area contributed by atoms with Crippen LogP contribution in [0.2, 0.25) is 0 Å². The van der Waals surface area contributed by atoms with E-state index in [1.807, 2.05) is 24.3 Å². The molecule has 1 aromatic rings. The molecule has 1 aromatic carbocycles. The average Bonchev–Trinajstić information content (AvgIpc) is 2.78. The summed E-state index contributed by atoms with van der Waals surface area (Å²) in [6.07, 6.45) is 4.00. The molecule has 1 aliphatic carbocycles. The number of hydrogen-bond donors (Lipinski definition) is 0. The Morgan fingerprint density at radius 1 is 1.38 bits per heavy atom. The summed E-state index contributed by atoms with van der Waals surface area (Å²) in [5.41, 5.74) is 0.671. The van der Waals surface area contributed by atoms with Crippen molar-refractivity contribution >= 4 is 21.9 Å². The van der Waals surface area contributed by atoms with E-state index in [0.717, 1.165) is 35.7 Å². The first-order valence-electron chi connectivity index (χ1n) is 5.53. The topological polar surface area (TPSA) is 26.3 Å². The lowest BCUT2D eigenvalue weighted by molar-refractivity contribution is -0.147. The Bertz CT molecular complexity index is 395. The van der Waals surface area contributed by atoms with E-state index < -0.39 is 5.41 Å². The van der Waals surface area contributed by atoms with Crippen molar-refractivity contribution in [3.8, 4) is 0 Å². The van der Waals surface area contributed by atoms with Gasteiger partial charge in [0.25, 0.3) is 0 Å². The first kappa shape index (κ1) is 11.6. The number of hydrogen-bond acceptors (Lipinski definition) is 2. The van der Waals surface area contributed by atoms with Gasteiger partial charge in [0.15, 0.2) is 0 Å². The minimum Gasteiger partial charge on any atom is -0.468 e. The highest BCUT2D eigenvalue weighted by atomic mass is 79.9. The van der Waals surface area contributed by atoms with Crippen molar-refractivity contribution in [1.29, 1.82) is 0 Å². The first-order chi connectivity index (χ1) is 7.69. The fraction of sp³-hybridized carbons (Fsp3) is 0.462. The summed E-state index contributed by atoms with van der Waals surface area (Å²) >= 11 is 3.45. The highest BCUT2D eigenvalue weighted by Crippen LogP contribution is 2.42. The number of esters is 1. The van der Waals surface area contributed by atoms with Crippen molar-refractivity contribution in [2.75, 3.05) is 7.11 Å². The summed E-state index contributed by atoms with van der Waals surface area (Å²) in [4.78, 5) is 12.0. The van der Waals surface area contributed by atoms with Crippen molar-refractivity contribution in [2.45, 2.75) is 31.1 Å². The molecule has 0 saturated heterocycles. The van der Waals surface area contributed by atoms with Crippen LogP contribution in [0, 0.1) is 0 Å². The van der Waals surface area contributed by atoms with E-state index in [1.54, 1.807) is 0 Å². The predicted octanol–water partition coefficient (Wildman–Crippen LogP) is 3.43. The maximum absolute atomic E-state index is 12.0. The Hall–Kier alpha value is -0.830. The summed E-state index contributed by atoms with van der Waals surface area (Å²) in [5, 5.41) is 0. The Morgan fingerprint density at radius 2 is 2.06 bits per heavy atom. The van der Waals surface area contributed by atoms with E-state index in [2.05, 4.69) is 15.9 Å². The van der Waals surface area contributed by atoms with Gasteiger partial charge >= 0.3 is 5.97 Å². The number of rotatable bonds is 2. The molecule has 0 atom stereocenters. The molecule has 0 N–H and O–H groups in total. The second-order valence-electron chi connectivity index (χ2n) is 4.29. The molecule has 0 aliphatic heterocycles. The van der Waals surface area contributed by atoms with Gasteiger partial charge in [0.2, 0.25) is 0 Å². The molecule has 0 bridgehead atoms. The zero-order valence-corrected chi connectivity index (χ0v) is 10.9. The van der Waals surface area contributed by atoms with Crippen LogP contribution in [0.5, 0.6) is 0 Å². The third kappa shape index (κ3) is 1.88. The van der Waals surface area contributed by atoms with Crippen LogP contribution in [0.25, 0.3) is 0 Å². The third-order valence-corrected chi connectivity index (χ3v) is 3.90. The van der Waals surface area contributed by atoms with E-state index in [1.165, 1.54) is 7.11 Å². The second kappa shape index (κ2) is 4.58. The normalized spacial score (nSPS) is 18.4. The van der Waals surface area contributed by atoms with E-state index in [0.29, 0.717) is 0 Å². The van der Waals surface area contributed by atoms with Crippen LogP contribution in [0.1, 0.15) is 31.2 Å². The van der Waals surface area contributed by atoms with Crippen LogP contribution < -0.4 is 0 Å². The number of benzene rings is 1. The molecule has 2 rings (SSSR count). The lowest BCUT2D eigenvalue weighted by Gasteiger charge is -2.26. The zero-order chi connectivity index (χ0) is 11.6. The fourth-order valence-corrected chi connectivity index (χ4v) is 2.97. The molecule has 0 heterocycles. The van der Waals surface area contributed by atoms with Gasteiger partial charge in [-0.25, -0.2) is 0 Å². The second-order valence-corrected chi connectivity index (χ2v) is 5.21. The molecule has 86 valence electrons. The van der Waals surface area contributed by atoms with E-state index in [-0.39, 0.29) is 5.97 Å². The molecule has 1 saturated carbocycles. The zero-order valence-electron chi connectivity index (χ0n) is 9.33. The summed E-state index contributed by atoms with van der Waals surface area (Å²) in [7, 11) is 1.47. The van der Waals surface area contributed by atoms with E-state index in [9.17, 15) is 4.79 Å². The summed E-state index contributed by atoms with van der Waals surface area (Å²) in [6.45, 7) is 0. The maximum Gasteiger partial charge on any atom is 0.316 e. The van der Waals surface area contributed by atoms with Gasteiger partial charge in [-0.2, -0.15) is 0 Å². The Labute approximate surface area is 104 Å². The number of carbonyl (C=O) groups excluding carboxylic acids is 1. The van der Waals surface area contributed by atoms with Crippen LogP contribution in [-0.2, 0) is 14.9 Å². The van der Waals surface area contributed by atoms with Gasteiger partial charge < -0.3 is 4.74 Å². The Morgan fingerprint density at radius 3 is 2.62 bits per heavy atom. The highest BCUT2D eigenvalue weighted by molar-refractivity contribution is 9.10. The molecule has 1 fully saturated rings. The molecule has 0 aromatic heterocycles. The lowest BCUT2D eigenvalue weighted by atomic mass is 9.79. The highest BCUT2D eigenvalue weighted by Gasteiger charge is 2.43. The van der Waals surface area contributed by atoms with Crippen molar-refractivity contribution in [2.24, 2.45) is 0 Å². The third-order valence-electron chi connectivity index (χ3n) is 3.41. The van der Waals surface area contributed by atoms with Gasteiger partial charge in [0.05, 0.1) is 12.5 Å². The largest absolute Gasteiger partial charge is 0.468 e. The molecule has 1 aliphatic rings. The number of halogens is 1. The first-order valence-corrected chi connectivity index (χ1v) is 6.33. The number of ether oxygens (including phenoxy) is 1. The molecule has 16 heavy (non-hydrogen) atoms. The standard InChI is InChI=1S/C13H15BrO2/c1-16-12(15)13(7-2-3-8-13)10-5-4-6-11(14)9-10/h4-6,9H,2-3,7-8H2,1H3. The van der Waals surface area contributed by atoms with Gasteiger partial charge in [-0.15, -0.1) is 0 Å². The quantitative estimate of drug-likeness (QED) is 0.777. The van der Waals surface area contributed by atoms with Crippen LogP contribution in [-0.4, -0.2) is 13.1 Å². The minimum absolute atomic E-state index is 0.0944. The Balaban J connectivity index is 2.43. The summed E-state index contributed by atoms with van der Waals surface area (Å²) < 4.78 is 5.99. The summed E-state index contributed by atoms with van der Waals surface area (Å²) in [6, 6.07) is 8.00. The smallest absolute Gasteiger partial charge is 0.316 e. The summed E-state index contributed by atoms with van der Waals surface area (Å²) in [5.74, 6) is -0.0944. The molecular weight excluding hydrogens is 268 g/mol. The van der Waals surface area contributed by atoms with Gasteiger partial charge in [0, 0.05) is 4.47 Å². The van der Waals surface area contributed by atoms with Crippen molar-refractivity contribution in [3.05, 3.63) is 34.3 Å². The molecular formula is C13H15BrO2. The van der Waals surface area contributed by atoms with Gasteiger partial charge in [0.1, 0.15) is 0 Å². The number of methoxy groups -OCH3 is 1.